The zero-order valence-electron chi connectivity index (χ0n) is 13.1. The SMILES string of the molecule is Cc1cc(N)n(CC(=O)N[C@H]2COC[C@H]2Cc2ccncc2)n1. The second-order valence-corrected chi connectivity index (χ2v) is 5.90. The fraction of sp³-hybridized carbons (Fsp3) is 0.438. The lowest BCUT2D eigenvalue weighted by atomic mass is 9.95. The number of hydrogen-bond donors (Lipinski definition) is 2. The van der Waals surface area contributed by atoms with E-state index in [1.165, 1.54) is 10.2 Å². The molecule has 0 spiro atoms. The van der Waals surface area contributed by atoms with Gasteiger partial charge in [0.15, 0.2) is 0 Å². The molecule has 1 amide bonds. The van der Waals surface area contributed by atoms with E-state index in [1.54, 1.807) is 18.5 Å². The highest BCUT2D eigenvalue weighted by Gasteiger charge is 2.29. The second kappa shape index (κ2) is 6.78. The highest BCUT2D eigenvalue weighted by molar-refractivity contribution is 5.76. The quantitative estimate of drug-likeness (QED) is 0.840. The van der Waals surface area contributed by atoms with Gasteiger partial charge in [-0.15, -0.1) is 0 Å². The van der Waals surface area contributed by atoms with Crippen molar-refractivity contribution in [3.8, 4) is 0 Å². The number of nitrogens with zero attached hydrogens (tertiary/aromatic N) is 3. The molecule has 1 aliphatic heterocycles. The van der Waals surface area contributed by atoms with Gasteiger partial charge < -0.3 is 15.8 Å². The Labute approximate surface area is 134 Å². The minimum atomic E-state index is -0.102. The Morgan fingerprint density at radius 3 is 2.91 bits per heavy atom. The predicted octanol–water partition coefficient (Wildman–Crippen LogP) is 0.543. The van der Waals surface area contributed by atoms with Gasteiger partial charge in [-0.25, -0.2) is 4.68 Å². The van der Waals surface area contributed by atoms with Crippen molar-refractivity contribution in [2.24, 2.45) is 5.92 Å². The summed E-state index contributed by atoms with van der Waals surface area (Å²) in [7, 11) is 0. The van der Waals surface area contributed by atoms with Gasteiger partial charge in [0.1, 0.15) is 12.4 Å². The van der Waals surface area contributed by atoms with Gasteiger partial charge in [0.2, 0.25) is 5.91 Å². The summed E-state index contributed by atoms with van der Waals surface area (Å²) in [5.74, 6) is 0.654. The number of anilines is 1. The zero-order chi connectivity index (χ0) is 16.2. The molecule has 0 aliphatic carbocycles. The first-order valence-electron chi connectivity index (χ1n) is 7.68. The third kappa shape index (κ3) is 3.87. The normalized spacial score (nSPS) is 20.6. The van der Waals surface area contributed by atoms with Crippen molar-refractivity contribution in [3.05, 3.63) is 41.9 Å². The topological polar surface area (TPSA) is 95.1 Å². The molecule has 2 aromatic heterocycles. The molecule has 0 radical (unpaired) electrons. The van der Waals surface area contributed by atoms with Gasteiger partial charge in [-0.1, -0.05) is 0 Å². The molecular formula is C16H21N5O2. The number of nitrogen functional groups attached to an aromatic ring is 1. The number of nitrogens with two attached hydrogens (primary N) is 1. The summed E-state index contributed by atoms with van der Waals surface area (Å²) >= 11 is 0. The van der Waals surface area contributed by atoms with E-state index < -0.39 is 0 Å². The molecule has 3 rings (SSSR count). The standard InChI is InChI=1S/C16H21N5O2/c1-11-6-15(17)21(20-11)8-16(22)19-14-10-23-9-13(14)7-12-2-4-18-5-3-12/h2-6,13-14H,7-10,17H2,1H3,(H,19,22)/t13-,14+/m1/s1. The molecule has 2 atom stereocenters. The van der Waals surface area contributed by atoms with Crippen LogP contribution >= 0.6 is 0 Å². The molecule has 0 bridgehead atoms. The Hall–Kier alpha value is -2.41. The number of carbonyl (C=O) groups excluding carboxylic acids is 1. The number of pyridine rings is 1. The molecule has 0 unspecified atom stereocenters. The van der Waals surface area contributed by atoms with Crippen molar-refractivity contribution in [3.63, 3.8) is 0 Å². The number of rotatable bonds is 5. The van der Waals surface area contributed by atoms with Crippen molar-refractivity contribution < 1.29 is 9.53 Å². The molecule has 1 saturated heterocycles. The Bertz CT molecular complexity index is 670. The lowest BCUT2D eigenvalue weighted by Gasteiger charge is -2.19. The van der Waals surface area contributed by atoms with Crippen LogP contribution in [0.1, 0.15) is 11.3 Å². The molecule has 3 heterocycles. The van der Waals surface area contributed by atoms with Gasteiger partial charge in [0, 0.05) is 24.4 Å². The Morgan fingerprint density at radius 1 is 1.43 bits per heavy atom. The summed E-state index contributed by atoms with van der Waals surface area (Å²) in [6, 6.07) is 5.74. The maximum absolute atomic E-state index is 12.2. The summed E-state index contributed by atoms with van der Waals surface area (Å²) in [5.41, 5.74) is 7.81. The van der Waals surface area contributed by atoms with Crippen molar-refractivity contribution >= 4 is 11.7 Å². The number of carbonyl (C=O) groups is 1. The van der Waals surface area contributed by atoms with Gasteiger partial charge >= 0.3 is 0 Å². The number of nitrogens with one attached hydrogen (secondary N) is 1. The first-order valence-corrected chi connectivity index (χ1v) is 7.68. The van der Waals surface area contributed by atoms with Crippen LogP contribution in [0.5, 0.6) is 0 Å². The number of aryl methyl sites for hydroxylation is 1. The van der Waals surface area contributed by atoms with E-state index in [1.807, 2.05) is 19.1 Å². The fourth-order valence-corrected chi connectivity index (χ4v) is 2.86. The van der Waals surface area contributed by atoms with Crippen LogP contribution in [0.25, 0.3) is 0 Å². The van der Waals surface area contributed by atoms with Crippen LogP contribution < -0.4 is 11.1 Å². The average molecular weight is 315 g/mol. The third-order valence-electron chi connectivity index (χ3n) is 4.02. The molecule has 2 aromatic rings. The Morgan fingerprint density at radius 2 is 2.22 bits per heavy atom. The Kier molecular flexibility index (Phi) is 4.57. The van der Waals surface area contributed by atoms with Crippen molar-refractivity contribution in [1.82, 2.24) is 20.1 Å². The molecular weight excluding hydrogens is 294 g/mol. The summed E-state index contributed by atoms with van der Waals surface area (Å²) in [4.78, 5) is 16.3. The third-order valence-corrected chi connectivity index (χ3v) is 4.02. The zero-order valence-corrected chi connectivity index (χ0v) is 13.1. The molecule has 122 valence electrons. The summed E-state index contributed by atoms with van der Waals surface area (Å²) < 4.78 is 7.06. The van der Waals surface area contributed by atoms with Crippen LogP contribution in [0.3, 0.4) is 0 Å². The highest BCUT2D eigenvalue weighted by Crippen LogP contribution is 2.19. The first kappa shape index (κ1) is 15.5. The lowest BCUT2D eigenvalue weighted by Crippen LogP contribution is -2.42. The van der Waals surface area contributed by atoms with Gasteiger partial charge in [-0.2, -0.15) is 5.10 Å². The van der Waals surface area contributed by atoms with Gasteiger partial charge in [0.25, 0.3) is 0 Å². The van der Waals surface area contributed by atoms with Crippen molar-refractivity contribution in [2.45, 2.75) is 25.9 Å². The van der Waals surface area contributed by atoms with Crippen molar-refractivity contribution in [2.75, 3.05) is 18.9 Å². The van der Waals surface area contributed by atoms with Crippen molar-refractivity contribution in [1.29, 1.82) is 0 Å². The van der Waals surface area contributed by atoms with E-state index in [0.717, 1.165) is 12.1 Å². The highest BCUT2D eigenvalue weighted by atomic mass is 16.5. The first-order chi connectivity index (χ1) is 11.1. The van der Waals surface area contributed by atoms with Gasteiger partial charge in [-0.3, -0.25) is 9.78 Å². The van der Waals surface area contributed by atoms with Gasteiger partial charge in [-0.05, 0) is 31.0 Å². The summed E-state index contributed by atoms with van der Waals surface area (Å²) in [6.07, 6.45) is 4.42. The van der Waals surface area contributed by atoms with E-state index in [2.05, 4.69) is 15.4 Å². The number of ether oxygens (including phenoxy) is 1. The van der Waals surface area contributed by atoms with E-state index in [0.29, 0.717) is 19.0 Å². The molecule has 23 heavy (non-hydrogen) atoms. The lowest BCUT2D eigenvalue weighted by molar-refractivity contribution is -0.122. The fourth-order valence-electron chi connectivity index (χ4n) is 2.86. The van der Waals surface area contributed by atoms with E-state index in [9.17, 15) is 4.79 Å². The molecule has 7 nitrogen and oxygen atoms in total. The van der Waals surface area contributed by atoms with Crippen LogP contribution in [0.15, 0.2) is 30.6 Å². The smallest absolute Gasteiger partial charge is 0.242 e. The molecule has 0 saturated carbocycles. The minimum absolute atomic E-state index is 0.00792. The molecule has 1 fully saturated rings. The molecule has 7 heteroatoms. The largest absolute Gasteiger partial charge is 0.384 e. The number of amides is 1. The average Bonchev–Trinajstić information content (AvgIpc) is 3.07. The maximum atomic E-state index is 12.2. The minimum Gasteiger partial charge on any atom is -0.384 e. The van der Waals surface area contributed by atoms with Crippen LogP contribution in [-0.4, -0.2) is 39.9 Å². The Balaban J connectivity index is 1.58. The molecule has 3 N–H and O–H groups in total. The van der Waals surface area contributed by atoms with Gasteiger partial charge in [0.05, 0.1) is 24.9 Å². The van der Waals surface area contributed by atoms with E-state index in [-0.39, 0.29) is 24.4 Å². The van der Waals surface area contributed by atoms with E-state index in [4.69, 9.17) is 10.5 Å². The molecule has 0 aromatic carbocycles. The second-order valence-electron chi connectivity index (χ2n) is 5.90. The number of hydrogen-bond acceptors (Lipinski definition) is 5. The summed E-state index contributed by atoms with van der Waals surface area (Å²) in [5, 5.41) is 7.24. The van der Waals surface area contributed by atoms with Crippen LogP contribution in [0.2, 0.25) is 0 Å². The van der Waals surface area contributed by atoms with Crippen LogP contribution in [0, 0.1) is 12.8 Å². The monoisotopic (exact) mass is 315 g/mol. The van der Waals surface area contributed by atoms with Crippen LogP contribution in [-0.2, 0) is 22.5 Å². The summed E-state index contributed by atoms with van der Waals surface area (Å²) in [6.45, 7) is 3.16. The molecule has 1 aliphatic rings. The maximum Gasteiger partial charge on any atom is 0.242 e. The predicted molar refractivity (Wildman–Crippen MR) is 85.6 cm³/mol. The van der Waals surface area contributed by atoms with Crippen LogP contribution in [0.4, 0.5) is 5.82 Å². The number of aromatic nitrogens is 3. The van der Waals surface area contributed by atoms with E-state index >= 15 is 0 Å².